The van der Waals surface area contributed by atoms with E-state index in [4.69, 9.17) is 5.41 Å². The summed E-state index contributed by atoms with van der Waals surface area (Å²) in [5, 5.41) is 13.0. The van der Waals surface area contributed by atoms with Gasteiger partial charge in [-0.05, 0) is 19.1 Å². The minimum atomic E-state index is 0.500. The smallest absolute Gasteiger partial charge is 0.0550 e. The van der Waals surface area contributed by atoms with Gasteiger partial charge in [0.2, 0.25) is 0 Å². The second-order valence-corrected chi connectivity index (χ2v) is 3.27. The van der Waals surface area contributed by atoms with Gasteiger partial charge < -0.3 is 10.3 Å². The molecule has 0 spiro atoms. The third kappa shape index (κ3) is 7.49. The molecule has 4 nitrogen and oxygen atoms in total. The summed E-state index contributed by atoms with van der Waals surface area (Å²) in [4.78, 5) is 2.01. The average Bonchev–Trinajstić information content (AvgIpc) is 2.23. The molecule has 0 unspecified atom stereocenters. The van der Waals surface area contributed by atoms with Gasteiger partial charge in [-0.15, -0.1) is 0 Å². The summed E-state index contributed by atoms with van der Waals surface area (Å²) in [6, 6.07) is 0. The van der Waals surface area contributed by atoms with Crippen LogP contribution < -0.4 is 0 Å². The highest BCUT2D eigenvalue weighted by Crippen LogP contribution is 1.89. The lowest BCUT2D eigenvalue weighted by Gasteiger charge is -2.17. The summed E-state index contributed by atoms with van der Waals surface area (Å²) >= 11 is 0. The third-order valence-corrected chi connectivity index (χ3v) is 1.87. The van der Waals surface area contributed by atoms with Gasteiger partial charge in [-0.2, -0.15) is 5.10 Å². The number of nitrogens with zero attached hydrogens (tertiary/aromatic N) is 3. The van der Waals surface area contributed by atoms with Crippen molar-refractivity contribution in [3.8, 4) is 0 Å². The Morgan fingerprint density at radius 2 is 2.00 bits per heavy atom. The molecule has 0 rings (SSSR count). The summed E-state index contributed by atoms with van der Waals surface area (Å²) in [6.45, 7) is 7.01. The maximum absolute atomic E-state index is 7.50. The molecule has 0 saturated carbocycles. The predicted molar refractivity (Wildman–Crippen MR) is 66.5 cm³/mol. The fraction of sp³-hybridized carbons (Fsp3) is 0.455. The minimum Gasteiger partial charge on any atom is -0.379 e. The Bertz CT molecular complexity index is 255. The Morgan fingerprint density at radius 3 is 2.53 bits per heavy atom. The van der Waals surface area contributed by atoms with Crippen LogP contribution in [0.3, 0.4) is 0 Å². The number of likely N-dealkylation sites (N-methyl/N-ethyl adjacent to an activating group) is 2. The number of nitrogens with one attached hydrogen (secondary N) is 1. The SMILES string of the molecule is C=NN(C)CCN(C)/C=C/C(=N)/C=C\C. The Kier molecular flexibility index (Phi) is 6.97. The van der Waals surface area contributed by atoms with Gasteiger partial charge in [-0.3, -0.25) is 5.01 Å². The monoisotopic (exact) mass is 208 g/mol. The van der Waals surface area contributed by atoms with Crippen LogP contribution in [0.4, 0.5) is 0 Å². The highest BCUT2D eigenvalue weighted by Gasteiger charge is 1.94. The van der Waals surface area contributed by atoms with Crippen molar-refractivity contribution in [2.45, 2.75) is 6.92 Å². The predicted octanol–water partition coefficient (Wildman–Crippen LogP) is 1.58. The highest BCUT2D eigenvalue weighted by molar-refractivity contribution is 6.01. The quantitative estimate of drug-likeness (QED) is 0.510. The van der Waals surface area contributed by atoms with E-state index in [1.165, 1.54) is 0 Å². The first-order chi connectivity index (χ1) is 7.10. The van der Waals surface area contributed by atoms with Crippen molar-refractivity contribution in [3.05, 3.63) is 24.4 Å². The highest BCUT2D eigenvalue weighted by atomic mass is 15.4. The van der Waals surface area contributed by atoms with Gasteiger partial charge in [-0.25, -0.2) is 0 Å². The molecule has 0 aromatic carbocycles. The summed E-state index contributed by atoms with van der Waals surface area (Å²) in [5.74, 6) is 0. The second-order valence-electron chi connectivity index (χ2n) is 3.27. The van der Waals surface area contributed by atoms with E-state index in [2.05, 4.69) is 11.8 Å². The molecular formula is C11H20N4. The van der Waals surface area contributed by atoms with E-state index in [0.717, 1.165) is 13.1 Å². The molecule has 15 heavy (non-hydrogen) atoms. The van der Waals surface area contributed by atoms with Gasteiger partial charge in [-0.1, -0.05) is 6.08 Å². The largest absolute Gasteiger partial charge is 0.379 e. The summed E-state index contributed by atoms with van der Waals surface area (Å²) in [5.41, 5.74) is 0.500. The minimum absolute atomic E-state index is 0.500. The Morgan fingerprint density at radius 1 is 1.33 bits per heavy atom. The van der Waals surface area contributed by atoms with Crippen LogP contribution in [0.15, 0.2) is 29.5 Å². The van der Waals surface area contributed by atoms with Crippen LogP contribution >= 0.6 is 0 Å². The molecular weight excluding hydrogens is 188 g/mol. The van der Waals surface area contributed by atoms with Crippen LogP contribution in [0.25, 0.3) is 0 Å². The maximum atomic E-state index is 7.50. The molecule has 4 heteroatoms. The number of hydrazone groups is 1. The van der Waals surface area contributed by atoms with Crippen LogP contribution in [0.2, 0.25) is 0 Å². The van der Waals surface area contributed by atoms with Crippen molar-refractivity contribution in [1.29, 1.82) is 5.41 Å². The molecule has 0 atom stereocenters. The lowest BCUT2D eigenvalue weighted by atomic mass is 10.3. The molecule has 0 aromatic heterocycles. The molecule has 0 amide bonds. The van der Waals surface area contributed by atoms with Gasteiger partial charge in [0.05, 0.1) is 12.3 Å². The van der Waals surface area contributed by atoms with Crippen LogP contribution in [-0.4, -0.2) is 49.5 Å². The van der Waals surface area contributed by atoms with Crippen molar-refractivity contribution in [1.82, 2.24) is 9.91 Å². The Labute approximate surface area is 92.1 Å². The van der Waals surface area contributed by atoms with Gasteiger partial charge in [0.15, 0.2) is 0 Å². The molecule has 84 valence electrons. The van der Waals surface area contributed by atoms with Crippen molar-refractivity contribution in [3.63, 3.8) is 0 Å². The third-order valence-electron chi connectivity index (χ3n) is 1.87. The first-order valence-corrected chi connectivity index (χ1v) is 4.87. The second kappa shape index (κ2) is 7.79. The van der Waals surface area contributed by atoms with Gasteiger partial charge in [0, 0.05) is 33.6 Å². The standard InChI is InChI=1S/C11H20N4/c1-5-6-11(12)7-8-14(3)9-10-15(4)13-2/h5-8,12H,2,9-10H2,1,3-4H3/b6-5-,8-7+,12-11?. The summed E-state index contributed by atoms with van der Waals surface area (Å²) < 4.78 is 0. The average molecular weight is 208 g/mol. The fourth-order valence-corrected chi connectivity index (χ4v) is 0.890. The van der Waals surface area contributed by atoms with E-state index in [0.29, 0.717) is 5.71 Å². The van der Waals surface area contributed by atoms with E-state index < -0.39 is 0 Å². The van der Waals surface area contributed by atoms with Crippen molar-refractivity contribution in [2.24, 2.45) is 5.10 Å². The van der Waals surface area contributed by atoms with Crippen molar-refractivity contribution < 1.29 is 0 Å². The molecule has 0 aliphatic rings. The molecule has 0 aromatic rings. The van der Waals surface area contributed by atoms with Gasteiger partial charge in [0.1, 0.15) is 0 Å². The lowest BCUT2D eigenvalue weighted by molar-refractivity contribution is 0.309. The molecule has 0 aliphatic heterocycles. The summed E-state index contributed by atoms with van der Waals surface area (Å²) in [7, 11) is 3.85. The van der Waals surface area contributed by atoms with Crippen molar-refractivity contribution >= 4 is 12.4 Å². The molecule has 0 saturated heterocycles. The molecule has 0 radical (unpaired) electrons. The van der Waals surface area contributed by atoms with E-state index in [-0.39, 0.29) is 0 Å². The van der Waals surface area contributed by atoms with Crippen molar-refractivity contribution in [2.75, 3.05) is 27.2 Å². The number of hydrogen-bond acceptors (Lipinski definition) is 4. The van der Waals surface area contributed by atoms with Crippen LogP contribution in [0, 0.1) is 5.41 Å². The number of rotatable bonds is 7. The lowest BCUT2D eigenvalue weighted by Crippen LogP contribution is -2.24. The first kappa shape index (κ1) is 13.4. The fourth-order valence-electron chi connectivity index (χ4n) is 0.890. The molecule has 0 heterocycles. The number of hydrogen-bond donors (Lipinski definition) is 1. The van der Waals surface area contributed by atoms with Gasteiger partial charge >= 0.3 is 0 Å². The van der Waals surface area contributed by atoms with Crippen LogP contribution in [0.1, 0.15) is 6.92 Å². The zero-order valence-electron chi connectivity index (χ0n) is 9.77. The van der Waals surface area contributed by atoms with E-state index in [9.17, 15) is 0 Å². The Hall–Kier alpha value is -1.58. The van der Waals surface area contributed by atoms with Crippen LogP contribution in [-0.2, 0) is 0 Å². The molecule has 1 N–H and O–H groups in total. The number of allylic oxidation sites excluding steroid dienone is 3. The normalized spacial score (nSPS) is 10.9. The van der Waals surface area contributed by atoms with E-state index >= 15 is 0 Å². The summed E-state index contributed by atoms with van der Waals surface area (Å²) in [6.07, 6.45) is 7.25. The van der Waals surface area contributed by atoms with Gasteiger partial charge in [0.25, 0.3) is 0 Å². The molecule has 0 fully saturated rings. The first-order valence-electron chi connectivity index (χ1n) is 4.87. The molecule has 0 aliphatic carbocycles. The van der Waals surface area contributed by atoms with Crippen LogP contribution in [0.5, 0.6) is 0 Å². The Balaban J connectivity index is 3.87. The van der Waals surface area contributed by atoms with E-state index in [1.54, 1.807) is 17.2 Å². The topological polar surface area (TPSA) is 42.7 Å². The maximum Gasteiger partial charge on any atom is 0.0550 e. The zero-order valence-corrected chi connectivity index (χ0v) is 9.77. The zero-order chi connectivity index (χ0) is 11.7. The molecule has 0 bridgehead atoms. The van der Waals surface area contributed by atoms with E-state index in [1.807, 2.05) is 38.2 Å².